The molecule has 1 fully saturated rings. The van der Waals surface area contributed by atoms with Gasteiger partial charge in [-0.25, -0.2) is 0 Å². The van der Waals surface area contributed by atoms with Crippen molar-refractivity contribution < 1.29 is 22.6 Å². The highest BCUT2D eigenvalue weighted by atomic mass is 19.4. The second-order valence-corrected chi connectivity index (χ2v) is 7.47. The molecule has 0 spiro atoms. The van der Waals surface area contributed by atoms with Gasteiger partial charge in [0, 0.05) is 35.8 Å². The van der Waals surface area contributed by atoms with Gasteiger partial charge in [0.25, 0.3) is 0 Å². The van der Waals surface area contributed by atoms with E-state index in [1.165, 1.54) is 12.1 Å². The molecule has 30 heavy (non-hydrogen) atoms. The Bertz CT molecular complexity index is 1100. The molecule has 0 radical (unpaired) electrons. The second kappa shape index (κ2) is 7.36. The molecule has 2 heterocycles. The van der Waals surface area contributed by atoms with E-state index < -0.39 is 17.8 Å². The molecule has 0 aromatic heterocycles. The number of halogens is 3. The molecule has 3 nitrogen and oxygen atoms in total. The maximum absolute atomic E-state index is 12.9. The second-order valence-electron chi connectivity index (χ2n) is 7.47. The van der Waals surface area contributed by atoms with Gasteiger partial charge in [0.15, 0.2) is 0 Å². The van der Waals surface area contributed by atoms with Crippen molar-refractivity contribution in [3.63, 3.8) is 0 Å². The Morgan fingerprint density at radius 1 is 0.900 bits per heavy atom. The van der Waals surface area contributed by atoms with Gasteiger partial charge in [-0.1, -0.05) is 42.5 Å². The Kier molecular flexibility index (Phi) is 4.66. The van der Waals surface area contributed by atoms with Gasteiger partial charge in [-0.3, -0.25) is 0 Å². The number of ether oxygens (including phenoxy) is 2. The van der Waals surface area contributed by atoms with Crippen LogP contribution in [0.3, 0.4) is 0 Å². The van der Waals surface area contributed by atoms with Crippen molar-refractivity contribution in [3.8, 4) is 5.75 Å². The molecule has 2 aliphatic rings. The summed E-state index contributed by atoms with van der Waals surface area (Å²) in [5.74, 6) is 0.739. The predicted molar refractivity (Wildman–Crippen MR) is 111 cm³/mol. The zero-order valence-corrected chi connectivity index (χ0v) is 16.2. The average molecular weight is 411 g/mol. The predicted octanol–water partition coefficient (Wildman–Crippen LogP) is 5.84. The molecule has 0 bridgehead atoms. The van der Waals surface area contributed by atoms with E-state index in [1.54, 1.807) is 0 Å². The third-order valence-electron chi connectivity index (χ3n) is 5.64. The normalized spacial score (nSPS) is 18.9. The summed E-state index contributed by atoms with van der Waals surface area (Å²) in [5.41, 5.74) is 2.11. The SMILES string of the molecule is FC(F)(F)c1ccc(C2C=Cc3c(cc(N4CCOCC4)c4ccccc34)O2)cc1. The Hall–Kier alpha value is -2.99. The third kappa shape index (κ3) is 3.41. The van der Waals surface area contributed by atoms with Gasteiger partial charge in [0.1, 0.15) is 11.9 Å². The van der Waals surface area contributed by atoms with Crippen LogP contribution in [-0.2, 0) is 10.9 Å². The molecule has 6 heteroatoms. The Morgan fingerprint density at radius 3 is 2.30 bits per heavy atom. The molecule has 1 unspecified atom stereocenters. The van der Waals surface area contributed by atoms with Crippen LogP contribution >= 0.6 is 0 Å². The van der Waals surface area contributed by atoms with Crippen LogP contribution < -0.4 is 9.64 Å². The summed E-state index contributed by atoms with van der Waals surface area (Å²) >= 11 is 0. The minimum absolute atomic E-state index is 0.432. The van der Waals surface area contributed by atoms with Crippen molar-refractivity contribution in [1.82, 2.24) is 0 Å². The lowest BCUT2D eigenvalue weighted by Gasteiger charge is -2.32. The molecule has 1 atom stereocenters. The fourth-order valence-corrected chi connectivity index (χ4v) is 4.09. The first-order valence-electron chi connectivity index (χ1n) is 9.91. The monoisotopic (exact) mass is 411 g/mol. The number of rotatable bonds is 2. The van der Waals surface area contributed by atoms with Crippen LogP contribution in [0.5, 0.6) is 5.75 Å². The van der Waals surface area contributed by atoms with Crippen LogP contribution in [0.25, 0.3) is 16.8 Å². The number of morpholine rings is 1. The molecule has 3 aromatic rings. The van der Waals surface area contributed by atoms with E-state index in [1.807, 2.05) is 30.4 Å². The van der Waals surface area contributed by atoms with Crippen LogP contribution in [0.2, 0.25) is 0 Å². The lowest BCUT2D eigenvalue weighted by atomic mass is 9.97. The van der Waals surface area contributed by atoms with Crippen molar-refractivity contribution in [2.45, 2.75) is 12.3 Å². The first-order chi connectivity index (χ1) is 14.5. The lowest BCUT2D eigenvalue weighted by Crippen LogP contribution is -2.36. The summed E-state index contributed by atoms with van der Waals surface area (Å²) in [6.45, 7) is 2.97. The van der Waals surface area contributed by atoms with Crippen LogP contribution in [0, 0.1) is 0 Å². The molecule has 3 aromatic carbocycles. The van der Waals surface area contributed by atoms with E-state index in [2.05, 4.69) is 17.0 Å². The first-order valence-corrected chi connectivity index (χ1v) is 9.91. The summed E-state index contributed by atoms with van der Waals surface area (Å²) in [7, 11) is 0. The fraction of sp³-hybridized carbons (Fsp3) is 0.250. The maximum atomic E-state index is 12.9. The number of nitrogens with zero attached hydrogens (tertiary/aromatic N) is 1. The quantitative estimate of drug-likeness (QED) is 0.529. The minimum Gasteiger partial charge on any atom is -0.481 e. The molecule has 0 aliphatic carbocycles. The van der Waals surface area contributed by atoms with E-state index in [9.17, 15) is 13.2 Å². The molecule has 1 saturated heterocycles. The van der Waals surface area contributed by atoms with Crippen LogP contribution in [0.1, 0.15) is 22.8 Å². The average Bonchev–Trinajstić information content (AvgIpc) is 2.78. The number of hydrogen-bond donors (Lipinski definition) is 0. The molecular formula is C24H20F3NO2. The van der Waals surface area contributed by atoms with E-state index in [4.69, 9.17) is 9.47 Å². The van der Waals surface area contributed by atoms with Crippen molar-refractivity contribution in [2.75, 3.05) is 31.2 Å². The molecular weight excluding hydrogens is 391 g/mol. The van der Waals surface area contributed by atoms with Gasteiger partial charge < -0.3 is 14.4 Å². The third-order valence-corrected chi connectivity index (χ3v) is 5.64. The minimum atomic E-state index is -4.35. The van der Waals surface area contributed by atoms with Gasteiger partial charge in [0.2, 0.25) is 0 Å². The Labute approximate surface area is 172 Å². The highest BCUT2D eigenvalue weighted by Crippen LogP contribution is 2.42. The zero-order chi connectivity index (χ0) is 20.7. The standard InChI is InChI=1S/C24H20F3NO2/c25-24(26,27)17-7-5-16(6-8-17)22-10-9-20-18-3-1-2-4-19(18)21(15-23(20)30-22)28-11-13-29-14-12-28/h1-10,15,22H,11-14H2. The van der Waals surface area contributed by atoms with E-state index in [-0.39, 0.29) is 0 Å². The van der Waals surface area contributed by atoms with Crippen LogP contribution in [0.15, 0.2) is 60.7 Å². The first kappa shape index (κ1) is 19.0. The van der Waals surface area contributed by atoms with Crippen LogP contribution in [-0.4, -0.2) is 26.3 Å². The number of benzene rings is 3. The van der Waals surface area contributed by atoms with E-state index in [0.29, 0.717) is 18.8 Å². The molecule has 0 N–H and O–H groups in total. The largest absolute Gasteiger partial charge is 0.481 e. The number of alkyl halides is 3. The van der Waals surface area contributed by atoms with E-state index in [0.717, 1.165) is 53.0 Å². The van der Waals surface area contributed by atoms with Crippen molar-refractivity contribution in [2.24, 2.45) is 0 Å². The van der Waals surface area contributed by atoms with E-state index >= 15 is 0 Å². The lowest BCUT2D eigenvalue weighted by molar-refractivity contribution is -0.137. The van der Waals surface area contributed by atoms with Gasteiger partial charge in [0.05, 0.1) is 18.8 Å². The Balaban J connectivity index is 1.53. The fourth-order valence-electron chi connectivity index (χ4n) is 4.09. The summed E-state index contributed by atoms with van der Waals surface area (Å²) < 4.78 is 50.4. The number of hydrogen-bond acceptors (Lipinski definition) is 3. The van der Waals surface area contributed by atoms with Crippen LogP contribution in [0.4, 0.5) is 18.9 Å². The number of anilines is 1. The molecule has 154 valence electrons. The highest BCUT2D eigenvalue weighted by Gasteiger charge is 2.30. The molecule has 0 saturated carbocycles. The molecule has 2 aliphatic heterocycles. The van der Waals surface area contributed by atoms with Gasteiger partial charge in [-0.15, -0.1) is 0 Å². The van der Waals surface area contributed by atoms with Crippen molar-refractivity contribution in [1.29, 1.82) is 0 Å². The van der Waals surface area contributed by atoms with Gasteiger partial charge in [-0.2, -0.15) is 13.2 Å². The summed E-state index contributed by atoms with van der Waals surface area (Å²) in [6, 6.07) is 15.4. The molecule has 0 amide bonds. The summed E-state index contributed by atoms with van der Waals surface area (Å²) in [6.07, 6.45) is -0.878. The summed E-state index contributed by atoms with van der Waals surface area (Å²) in [4.78, 5) is 2.29. The van der Waals surface area contributed by atoms with Crippen molar-refractivity contribution in [3.05, 3.63) is 77.4 Å². The smallest absolute Gasteiger partial charge is 0.416 e. The van der Waals surface area contributed by atoms with Gasteiger partial charge in [-0.05, 0) is 29.2 Å². The Morgan fingerprint density at radius 2 is 1.60 bits per heavy atom. The highest BCUT2D eigenvalue weighted by molar-refractivity contribution is 6.02. The summed E-state index contributed by atoms with van der Waals surface area (Å²) in [5, 5.41) is 2.25. The zero-order valence-electron chi connectivity index (χ0n) is 16.2. The topological polar surface area (TPSA) is 21.7 Å². The maximum Gasteiger partial charge on any atom is 0.416 e. The van der Waals surface area contributed by atoms with Crippen molar-refractivity contribution >= 4 is 22.5 Å². The number of fused-ring (bicyclic) bond motifs is 3. The van der Waals surface area contributed by atoms with Gasteiger partial charge >= 0.3 is 6.18 Å². The molecule has 5 rings (SSSR count).